The van der Waals surface area contributed by atoms with Gasteiger partial charge in [-0.15, -0.1) is 6.58 Å². The molecule has 0 spiro atoms. The quantitative estimate of drug-likeness (QED) is 0.791. The van der Waals surface area contributed by atoms with Gasteiger partial charge in [0.15, 0.2) is 0 Å². The van der Waals surface area contributed by atoms with E-state index in [1.807, 2.05) is 24.3 Å². The van der Waals surface area contributed by atoms with Gasteiger partial charge in [0, 0.05) is 18.0 Å². The van der Waals surface area contributed by atoms with Crippen LogP contribution in [0.1, 0.15) is 37.2 Å². The Balaban J connectivity index is 1.77. The Labute approximate surface area is 138 Å². The number of nitrogens with zero attached hydrogens (tertiary/aromatic N) is 1. The van der Waals surface area contributed by atoms with Crippen molar-refractivity contribution in [3.05, 3.63) is 48.6 Å². The first-order valence-corrected chi connectivity index (χ1v) is 8.60. The van der Waals surface area contributed by atoms with Crippen LogP contribution in [0.15, 0.2) is 43.0 Å². The first kappa shape index (κ1) is 16.1. The van der Waals surface area contributed by atoms with E-state index in [4.69, 9.17) is 0 Å². The Morgan fingerprint density at radius 1 is 1.35 bits per heavy atom. The van der Waals surface area contributed by atoms with Crippen LogP contribution in [-0.4, -0.2) is 41.3 Å². The molecule has 1 aliphatic heterocycles. The van der Waals surface area contributed by atoms with Crippen molar-refractivity contribution in [2.75, 3.05) is 13.1 Å². The highest BCUT2D eigenvalue weighted by Crippen LogP contribution is 2.46. The minimum absolute atomic E-state index is 0.0609. The van der Waals surface area contributed by atoms with Crippen LogP contribution in [0, 0.1) is 5.92 Å². The molecule has 1 unspecified atom stereocenters. The first-order chi connectivity index (χ1) is 11.2. The topological polar surface area (TPSA) is 52.6 Å². The highest BCUT2D eigenvalue weighted by atomic mass is 16.4. The van der Waals surface area contributed by atoms with Gasteiger partial charge in [0.1, 0.15) is 0 Å². The van der Waals surface area contributed by atoms with E-state index >= 15 is 0 Å². The third kappa shape index (κ3) is 3.58. The van der Waals surface area contributed by atoms with Crippen LogP contribution in [0.25, 0.3) is 0 Å². The number of nitrogens with one attached hydrogen (secondary N) is 1. The van der Waals surface area contributed by atoms with Gasteiger partial charge in [0.2, 0.25) is 0 Å². The molecule has 1 saturated carbocycles. The molecule has 3 rings (SSSR count). The molecule has 1 aromatic carbocycles. The summed E-state index contributed by atoms with van der Waals surface area (Å²) in [5.74, 6) is 0.781. The number of carboxylic acid groups (broad SMARTS) is 1. The van der Waals surface area contributed by atoms with Crippen molar-refractivity contribution in [3.63, 3.8) is 0 Å². The van der Waals surface area contributed by atoms with Gasteiger partial charge in [0.25, 0.3) is 0 Å². The van der Waals surface area contributed by atoms with Crippen molar-refractivity contribution in [2.45, 2.75) is 43.7 Å². The maximum absolute atomic E-state index is 12.0. The number of amides is 1. The lowest BCUT2D eigenvalue weighted by Crippen LogP contribution is -2.48. The summed E-state index contributed by atoms with van der Waals surface area (Å²) >= 11 is 0. The van der Waals surface area contributed by atoms with Gasteiger partial charge in [-0.25, -0.2) is 4.79 Å². The molecule has 1 saturated heterocycles. The zero-order valence-corrected chi connectivity index (χ0v) is 13.5. The largest absolute Gasteiger partial charge is 0.465 e. The van der Waals surface area contributed by atoms with Crippen molar-refractivity contribution in [1.29, 1.82) is 0 Å². The summed E-state index contributed by atoms with van der Waals surface area (Å²) in [7, 11) is 0. The van der Waals surface area contributed by atoms with Gasteiger partial charge in [-0.2, -0.15) is 0 Å². The Morgan fingerprint density at radius 3 is 2.65 bits per heavy atom. The van der Waals surface area contributed by atoms with Gasteiger partial charge >= 0.3 is 6.09 Å². The maximum atomic E-state index is 12.0. The van der Waals surface area contributed by atoms with Gasteiger partial charge in [-0.1, -0.05) is 36.4 Å². The van der Waals surface area contributed by atoms with Crippen LogP contribution < -0.4 is 5.32 Å². The van der Waals surface area contributed by atoms with E-state index < -0.39 is 6.09 Å². The van der Waals surface area contributed by atoms with E-state index in [9.17, 15) is 9.90 Å². The normalized spacial score (nSPS) is 25.6. The number of benzene rings is 1. The van der Waals surface area contributed by atoms with Gasteiger partial charge in [-0.05, 0) is 50.3 Å². The lowest BCUT2D eigenvalue weighted by Gasteiger charge is -2.37. The van der Waals surface area contributed by atoms with Crippen molar-refractivity contribution in [3.8, 4) is 0 Å². The third-order valence-electron chi connectivity index (χ3n) is 5.26. The summed E-state index contributed by atoms with van der Waals surface area (Å²) < 4.78 is 0. The SMILES string of the molecule is C=CCC(C1CCNCC1)N(C(=O)O)[C@@H]1C[C@H]1c1ccccc1. The third-order valence-corrected chi connectivity index (χ3v) is 5.26. The van der Waals surface area contributed by atoms with E-state index in [2.05, 4.69) is 24.0 Å². The minimum Gasteiger partial charge on any atom is -0.465 e. The molecule has 0 aromatic heterocycles. The van der Waals surface area contributed by atoms with Crippen molar-refractivity contribution < 1.29 is 9.90 Å². The second kappa shape index (κ2) is 7.18. The number of rotatable bonds is 6. The van der Waals surface area contributed by atoms with Crippen molar-refractivity contribution >= 4 is 6.09 Å². The fourth-order valence-electron chi connectivity index (χ4n) is 4.01. The molecule has 4 nitrogen and oxygen atoms in total. The molecule has 4 heteroatoms. The van der Waals surface area contributed by atoms with Crippen LogP contribution in [0.5, 0.6) is 0 Å². The average Bonchev–Trinajstić information content (AvgIpc) is 3.36. The van der Waals surface area contributed by atoms with E-state index in [1.54, 1.807) is 4.90 Å². The van der Waals surface area contributed by atoms with Crippen LogP contribution in [0.2, 0.25) is 0 Å². The van der Waals surface area contributed by atoms with Crippen LogP contribution in [0.3, 0.4) is 0 Å². The maximum Gasteiger partial charge on any atom is 0.407 e. The second-order valence-electron chi connectivity index (χ2n) is 6.69. The summed E-state index contributed by atoms with van der Waals surface area (Å²) in [5, 5.41) is 13.2. The van der Waals surface area contributed by atoms with Crippen molar-refractivity contribution in [2.24, 2.45) is 5.92 Å². The molecule has 0 bridgehead atoms. The predicted molar refractivity (Wildman–Crippen MR) is 91.6 cm³/mol. The predicted octanol–water partition coefficient (Wildman–Crippen LogP) is 3.47. The molecule has 1 amide bonds. The molecular formula is C19H26N2O2. The van der Waals surface area contributed by atoms with Gasteiger partial charge in [0.05, 0.1) is 0 Å². The summed E-state index contributed by atoms with van der Waals surface area (Å²) in [4.78, 5) is 13.7. The van der Waals surface area contributed by atoms with Crippen LogP contribution >= 0.6 is 0 Å². The van der Waals surface area contributed by atoms with E-state index in [0.717, 1.165) is 38.8 Å². The van der Waals surface area contributed by atoms with Crippen molar-refractivity contribution in [1.82, 2.24) is 10.2 Å². The van der Waals surface area contributed by atoms with Gasteiger partial charge in [-0.3, -0.25) is 0 Å². The summed E-state index contributed by atoms with van der Waals surface area (Å²) in [6.07, 6.45) is 4.88. The molecular weight excluding hydrogens is 288 g/mol. The molecule has 1 heterocycles. The molecule has 3 atom stereocenters. The lowest BCUT2D eigenvalue weighted by atomic mass is 9.87. The molecule has 1 aliphatic carbocycles. The van der Waals surface area contributed by atoms with E-state index in [1.165, 1.54) is 5.56 Å². The standard InChI is InChI=1S/C19H26N2O2/c1-2-6-17(15-9-11-20-12-10-15)21(19(22)23)18-13-16(18)14-7-4-3-5-8-14/h2-5,7-8,15-18,20H,1,6,9-13H2,(H,22,23)/t16-,17?,18+/m0/s1. The zero-order valence-electron chi connectivity index (χ0n) is 13.5. The Hall–Kier alpha value is -1.81. The number of piperidine rings is 1. The summed E-state index contributed by atoms with van der Waals surface area (Å²) in [5.41, 5.74) is 1.26. The molecule has 2 N–H and O–H groups in total. The zero-order chi connectivity index (χ0) is 16.2. The average molecular weight is 314 g/mol. The molecule has 1 aromatic rings. The number of hydrogen-bond acceptors (Lipinski definition) is 2. The van der Waals surface area contributed by atoms with Crippen LogP contribution in [-0.2, 0) is 0 Å². The highest BCUT2D eigenvalue weighted by molar-refractivity contribution is 5.67. The van der Waals surface area contributed by atoms with E-state index in [-0.39, 0.29) is 12.1 Å². The Morgan fingerprint density at radius 2 is 2.04 bits per heavy atom. The smallest absolute Gasteiger partial charge is 0.407 e. The summed E-state index contributed by atoms with van der Waals surface area (Å²) in [6, 6.07) is 10.5. The number of hydrogen-bond donors (Lipinski definition) is 2. The fraction of sp³-hybridized carbons (Fsp3) is 0.526. The minimum atomic E-state index is -0.779. The highest BCUT2D eigenvalue weighted by Gasteiger charge is 2.48. The molecule has 124 valence electrons. The first-order valence-electron chi connectivity index (χ1n) is 8.60. The number of carbonyl (C=O) groups is 1. The van der Waals surface area contributed by atoms with Crippen LogP contribution in [0.4, 0.5) is 4.79 Å². The molecule has 0 radical (unpaired) electrons. The fourth-order valence-corrected chi connectivity index (χ4v) is 4.01. The molecule has 23 heavy (non-hydrogen) atoms. The molecule has 2 fully saturated rings. The van der Waals surface area contributed by atoms with E-state index in [0.29, 0.717) is 11.8 Å². The molecule has 2 aliphatic rings. The lowest BCUT2D eigenvalue weighted by molar-refractivity contribution is 0.0899. The second-order valence-corrected chi connectivity index (χ2v) is 6.69. The summed E-state index contributed by atoms with van der Waals surface area (Å²) in [6.45, 7) is 5.83. The Bertz CT molecular complexity index is 540. The monoisotopic (exact) mass is 314 g/mol. The van der Waals surface area contributed by atoms with Gasteiger partial charge < -0.3 is 15.3 Å². The Kier molecular flexibility index (Phi) is 5.01.